The molecule has 0 spiro atoms. The summed E-state index contributed by atoms with van der Waals surface area (Å²) in [5.74, 6) is 1.64. The van der Waals surface area contributed by atoms with Crippen LogP contribution in [0.2, 0.25) is 0 Å². The van der Waals surface area contributed by atoms with Gasteiger partial charge in [-0.15, -0.1) is 6.42 Å². The average molecular weight is 413 g/mol. The first-order valence-corrected chi connectivity index (χ1v) is 9.64. The third kappa shape index (κ3) is 5.22. The number of nitrogens with one attached hydrogen (secondary N) is 1. The lowest BCUT2D eigenvalue weighted by Gasteiger charge is -2.30. The Morgan fingerprint density at radius 2 is 1.77 bits per heavy atom. The number of rotatable bonds is 7. The molecule has 1 unspecified atom stereocenters. The third-order valence-electron chi connectivity index (χ3n) is 4.74. The van der Waals surface area contributed by atoms with Crippen LogP contribution in [0.25, 0.3) is 0 Å². The van der Waals surface area contributed by atoms with E-state index in [2.05, 4.69) is 11.2 Å². The first kappa shape index (κ1) is 21.5. The Hall–Kier alpha value is -4.24. The maximum absolute atomic E-state index is 13.4. The number of nitrogens with zero attached hydrogens (tertiary/aromatic N) is 1. The van der Waals surface area contributed by atoms with Crippen molar-refractivity contribution in [3.05, 3.63) is 90.0 Å². The fourth-order valence-electron chi connectivity index (χ4n) is 3.19. The second-order valence-electron chi connectivity index (χ2n) is 6.79. The number of carbonyl (C=O) groups excluding carboxylic acids is 2. The first-order chi connectivity index (χ1) is 15.0. The third-order valence-corrected chi connectivity index (χ3v) is 4.74. The Labute approximate surface area is 181 Å². The number of amides is 2. The molecule has 0 saturated carbocycles. The van der Waals surface area contributed by atoms with Gasteiger partial charge in [0.2, 0.25) is 5.91 Å². The molecule has 0 aliphatic heterocycles. The molecule has 6 heteroatoms. The number of methoxy groups -OCH3 is 1. The van der Waals surface area contributed by atoms with Gasteiger partial charge in [-0.3, -0.25) is 14.5 Å². The SMILES string of the molecule is C#CC(=O)N(c1cccc(OC)c1)C(C(=O)NCc1ccccc1)c1ccc(N)cc1. The Bertz CT molecular complexity index is 1090. The van der Waals surface area contributed by atoms with Crippen LogP contribution in [-0.2, 0) is 16.1 Å². The standard InChI is InChI=1S/C25H23N3O3/c1-3-23(29)28(21-10-7-11-22(16-21)31-2)24(19-12-14-20(26)15-13-19)25(30)27-17-18-8-5-4-6-9-18/h1,4-16,24H,17,26H2,2H3,(H,27,30). The van der Waals surface area contributed by atoms with Crippen molar-refractivity contribution in [3.8, 4) is 18.1 Å². The molecule has 0 fully saturated rings. The quantitative estimate of drug-likeness (QED) is 0.460. The van der Waals surface area contributed by atoms with E-state index in [1.165, 1.54) is 12.0 Å². The second kappa shape index (κ2) is 9.99. The number of anilines is 2. The Balaban J connectivity index is 2.03. The van der Waals surface area contributed by atoms with Gasteiger partial charge < -0.3 is 15.8 Å². The minimum atomic E-state index is -1.00. The van der Waals surface area contributed by atoms with Crippen LogP contribution in [0, 0.1) is 12.3 Å². The van der Waals surface area contributed by atoms with Crippen LogP contribution in [0.15, 0.2) is 78.9 Å². The number of nitrogen functional groups attached to an aromatic ring is 1. The average Bonchev–Trinajstić information content (AvgIpc) is 2.82. The first-order valence-electron chi connectivity index (χ1n) is 9.64. The summed E-state index contributed by atoms with van der Waals surface area (Å²) in [5, 5.41) is 2.91. The lowest BCUT2D eigenvalue weighted by atomic mass is 10.0. The van der Waals surface area contributed by atoms with Crippen LogP contribution in [0.1, 0.15) is 17.2 Å². The Morgan fingerprint density at radius 3 is 2.42 bits per heavy atom. The van der Waals surface area contributed by atoms with Crippen molar-refractivity contribution in [2.24, 2.45) is 0 Å². The summed E-state index contributed by atoms with van der Waals surface area (Å²) < 4.78 is 5.28. The summed E-state index contributed by atoms with van der Waals surface area (Å²) in [6.45, 7) is 0.307. The molecule has 0 radical (unpaired) electrons. The molecule has 1 atom stereocenters. The van der Waals surface area contributed by atoms with Crippen molar-refractivity contribution in [1.29, 1.82) is 0 Å². The summed E-state index contributed by atoms with van der Waals surface area (Å²) >= 11 is 0. The monoisotopic (exact) mass is 413 g/mol. The molecule has 0 saturated heterocycles. The molecule has 3 aromatic rings. The van der Waals surface area contributed by atoms with Crippen LogP contribution in [0.5, 0.6) is 5.75 Å². The maximum atomic E-state index is 13.4. The van der Waals surface area contributed by atoms with Gasteiger partial charge in [-0.25, -0.2) is 0 Å². The molecule has 2 amide bonds. The van der Waals surface area contributed by atoms with Crippen LogP contribution in [-0.4, -0.2) is 18.9 Å². The molecule has 0 heterocycles. The highest BCUT2D eigenvalue weighted by Gasteiger charge is 2.32. The van der Waals surface area contributed by atoms with Crippen molar-refractivity contribution in [3.63, 3.8) is 0 Å². The molecule has 0 aliphatic rings. The number of terminal acetylenes is 1. The van der Waals surface area contributed by atoms with Gasteiger partial charge in [-0.05, 0) is 41.3 Å². The van der Waals surface area contributed by atoms with E-state index in [0.717, 1.165) is 5.56 Å². The number of benzene rings is 3. The smallest absolute Gasteiger partial charge is 0.303 e. The molecule has 6 nitrogen and oxygen atoms in total. The predicted molar refractivity (Wildman–Crippen MR) is 121 cm³/mol. The van der Waals surface area contributed by atoms with Gasteiger partial charge in [-0.1, -0.05) is 48.5 Å². The molecular formula is C25H23N3O3. The topological polar surface area (TPSA) is 84.7 Å². The van der Waals surface area contributed by atoms with Gasteiger partial charge in [0, 0.05) is 24.0 Å². The van der Waals surface area contributed by atoms with E-state index in [0.29, 0.717) is 29.2 Å². The zero-order valence-electron chi connectivity index (χ0n) is 17.1. The summed E-state index contributed by atoms with van der Waals surface area (Å²) in [6, 6.07) is 22.1. The summed E-state index contributed by atoms with van der Waals surface area (Å²) in [4.78, 5) is 27.5. The molecule has 3 aromatic carbocycles. The Morgan fingerprint density at radius 1 is 1.06 bits per heavy atom. The second-order valence-corrected chi connectivity index (χ2v) is 6.79. The van der Waals surface area contributed by atoms with E-state index in [9.17, 15) is 9.59 Å². The van der Waals surface area contributed by atoms with E-state index < -0.39 is 11.9 Å². The fraction of sp³-hybridized carbons (Fsp3) is 0.120. The van der Waals surface area contributed by atoms with E-state index >= 15 is 0 Å². The van der Waals surface area contributed by atoms with Gasteiger partial charge >= 0.3 is 5.91 Å². The molecular weight excluding hydrogens is 390 g/mol. The van der Waals surface area contributed by atoms with Gasteiger partial charge in [0.15, 0.2) is 0 Å². The number of nitrogens with two attached hydrogens (primary N) is 1. The van der Waals surface area contributed by atoms with E-state index in [4.69, 9.17) is 16.9 Å². The van der Waals surface area contributed by atoms with Crippen LogP contribution in [0.3, 0.4) is 0 Å². The number of hydrogen-bond acceptors (Lipinski definition) is 4. The van der Waals surface area contributed by atoms with Crippen LogP contribution < -0.4 is 20.7 Å². The van der Waals surface area contributed by atoms with E-state index in [1.54, 1.807) is 48.5 Å². The lowest BCUT2D eigenvalue weighted by molar-refractivity contribution is -0.125. The molecule has 0 aromatic heterocycles. The molecule has 31 heavy (non-hydrogen) atoms. The fourth-order valence-corrected chi connectivity index (χ4v) is 3.19. The lowest BCUT2D eigenvalue weighted by Crippen LogP contribution is -2.43. The highest BCUT2D eigenvalue weighted by molar-refractivity contribution is 6.09. The summed E-state index contributed by atoms with van der Waals surface area (Å²) in [6.07, 6.45) is 5.46. The van der Waals surface area contributed by atoms with Gasteiger partial charge in [0.25, 0.3) is 0 Å². The van der Waals surface area contributed by atoms with Gasteiger partial charge in [0.05, 0.1) is 7.11 Å². The number of carbonyl (C=O) groups is 2. The van der Waals surface area contributed by atoms with Crippen molar-refractivity contribution in [2.45, 2.75) is 12.6 Å². The zero-order valence-corrected chi connectivity index (χ0v) is 17.1. The zero-order chi connectivity index (χ0) is 22.2. The summed E-state index contributed by atoms with van der Waals surface area (Å²) in [5.41, 5.74) is 8.32. The minimum Gasteiger partial charge on any atom is -0.497 e. The van der Waals surface area contributed by atoms with E-state index in [-0.39, 0.29) is 5.91 Å². The number of hydrogen-bond donors (Lipinski definition) is 2. The molecule has 0 bridgehead atoms. The normalized spacial score (nSPS) is 11.1. The van der Waals surface area contributed by atoms with Crippen molar-refractivity contribution in [2.75, 3.05) is 17.7 Å². The Kier molecular flexibility index (Phi) is 6.92. The predicted octanol–water partition coefficient (Wildman–Crippen LogP) is 3.30. The van der Waals surface area contributed by atoms with Gasteiger partial charge in [-0.2, -0.15) is 0 Å². The van der Waals surface area contributed by atoms with Gasteiger partial charge in [0.1, 0.15) is 11.8 Å². The molecule has 3 rings (SSSR count). The highest BCUT2D eigenvalue weighted by Crippen LogP contribution is 2.31. The maximum Gasteiger partial charge on any atom is 0.303 e. The van der Waals surface area contributed by atoms with Crippen molar-refractivity contribution < 1.29 is 14.3 Å². The van der Waals surface area contributed by atoms with Crippen molar-refractivity contribution >= 4 is 23.2 Å². The molecule has 0 aliphatic carbocycles. The van der Waals surface area contributed by atoms with E-state index in [1.807, 2.05) is 30.3 Å². The highest BCUT2D eigenvalue weighted by atomic mass is 16.5. The van der Waals surface area contributed by atoms with Crippen molar-refractivity contribution in [1.82, 2.24) is 5.32 Å². The molecule has 3 N–H and O–H groups in total. The molecule has 156 valence electrons. The van der Waals surface area contributed by atoms with Crippen LogP contribution >= 0.6 is 0 Å². The number of ether oxygens (including phenoxy) is 1. The summed E-state index contributed by atoms with van der Waals surface area (Å²) in [7, 11) is 1.52. The minimum absolute atomic E-state index is 0.307. The van der Waals surface area contributed by atoms with Crippen LogP contribution in [0.4, 0.5) is 11.4 Å². The largest absolute Gasteiger partial charge is 0.497 e.